The Balaban J connectivity index is 0. The van der Waals surface area contributed by atoms with Gasteiger partial charge in [0.1, 0.15) is 19.8 Å². The van der Waals surface area contributed by atoms with Crippen molar-refractivity contribution in [1.82, 2.24) is 0 Å². The normalized spacial score (nSPS) is 11.2. The molecule has 0 spiro atoms. The van der Waals surface area contributed by atoms with Crippen LogP contribution in [-0.4, -0.2) is 27.1 Å². The Bertz CT molecular complexity index is 118. The fourth-order valence-corrected chi connectivity index (χ4v) is 0.479. The summed E-state index contributed by atoms with van der Waals surface area (Å²) in [6.45, 7) is 7.40. The Labute approximate surface area is 86.0 Å². The van der Waals surface area contributed by atoms with Gasteiger partial charge < -0.3 is 17.3 Å². The lowest BCUT2D eigenvalue weighted by atomic mass is 10.3. The van der Waals surface area contributed by atoms with Crippen molar-refractivity contribution in [3.05, 3.63) is 0 Å². The molecule has 0 fully saturated rings. The van der Waals surface area contributed by atoms with Crippen molar-refractivity contribution < 1.29 is 37.2 Å². The first-order valence-corrected chi connectivity index (χ1v) is 4.47. The molecule has 0 saturated heterocycles. The lowest BCUT2D eigenvalue weighted by molar-refractivity contribution is -1.37. The summed E-state index contributed by atoms with van der Waals surface area (Å²) < 4.78 is 39.0. The van der Waals surface area contributed by atoms with E-state index in [1.54, 1.807) is 0 Å². The van der Waals surface area contributed by atoms with E-state index in [1.807, 2.05) is 20.8 Å². The molecule has 0 amide bonds. The van der Waals surface area contributed by atoms with Gasteiger partial charge in [0.15, 0.2) is 0 Å². The molecule has 15 heavy (non-hydrogen) atoms. The van der Waals surface area contributed by atoms with Gasteiger partial charge in [-0.1, -0.05) is 0 Å². The second-order valence-corrected chi connectivity index (χ2v) is 2.04. The van der Waals surface area contributed by atoms with Crippen molar-refractivity contribution in [3.63, 3.8) is 0 Å². The van der Waals surface area contributed by atoms with E-state index in [9.17, 15) is 17.3 Å². The number of quaternary nitrogens is 1. The molecule has 4 nitrogen and oxygen atoms in total. The molecule has 0 aromatic carbocycles. The third-order valence-electron chi connectivity index (χ3n) is 0.787. The minimum atomic E-state index is -6.00. The van der Waals surface area contributed by atoms with Crippen molar-refractivity contribution in [1.29, 1.82) is 0 Å². The molecule has 0 aromatic rings. The maximum absolute atomic E-state index is 9.75. The van der Waals surface area contributed by atoms with Gasteiger partial charge in [0, 0.05) is 0 Å². The van der Waals surface area contributed by atoms with E-state index in [0.29, 0.717) is 19.8 Å². The maximum atomic E-state index is 9.75. The van der Waals surface area contributed by atoms with E-state index in [4.69, 9.17) is 14.5 Å². The molecule has 0 aliphatic carbocycles. The van der Waals surface area contributed by atoms with Gasteiger partial charge in [-0.15, -0.1) is 14.5 Å². The highest BCUT2D eigenvalue weighted by molar-refractivity contribution is 6.50. The highest BCUT2D eigenvalue weighted by Crippen LogP contribution is 2.06. The summed E-state index contributed by atoms with van der Waals surface area (Å²) in [7, 11) is -6.00. The second kappa shape index (κ2) is 10.2. The lowest BCUT2D eigenvalue weighted by Crippen LogP contribution is -3.09. The molecule has 0 atom stereocenters. The minimum absolute atomic E-state index is 0.285. The van der Waals surface area contributed by atoms with Crippen LogP contribution >= 0.6 is 0 Å². The lowest BCUT2D eigenvalue weighted by Gasteiger charge is -2.09. The van der Waals surface area contributed by atoms with Gasteiger partial charge in [-0.05, 0) is 20.8 Å². The van der Waals surface area contributed by atoms with Crippen LogP contribution in [-0.2, 0) is 14.5 Å². The smallest absolute Gasteiger partial charge is 0.418 e. The molecule has 94 valence electrons. The number of hydrogen-bond donors (Lipinski definition) is 1. The largest absolute Gasteiger partial charge is 0.673 e. The summed E-state index contributed by atoms with van der Waals surface area (Å²) in [5.74, 6) is 0. The Morgan fingerprint density at radius 3 is 1.13 bits per heavy atom. The molecule has 0 aliphatic heterocycles. The second-order valence-electron chi connectivity index (χ2n) is 2.04. The zero-order valence-electron chi connectivity index (χ0n) is 8.94. The third-order valence-corrected chi connectivity index (χ3v) is 0.787. The molecule has 9 heteroatoms. The number of hydrogen-bond acceptors (Lipinski definition) is 3. The van der Waals surface area contributed by atoms with Crippen LogP contribution in [0.1, 0.15) is 20.8 Å². The van der Waals surface area contributed by atoms with Gasteiger partial charge in [0.05, 0.1) is 5.39 Å². The first-order chi connectivity index (χ1) is 6.85. The van der Waals surface area contributed by atoms with Gasteiger partial charge in [0.25, 0.3) is 0 Å². The van der Waals surface area contributed by atoms with Gasteiger partial charge in [-0.3, -0.25) is 0 Å². The fraction of sp³-hybridized carbons (Fsp3) is 1.00. The highest BCUT2D eigenvalue weighted by atomic mass is 19.5. The van der Waals surface area contributed by atoms with Crippen LogP contribution in [0, 0.1) is 0 Å². The Kier molecular flexibility index (Phi) is 11.5. The molecule has 1 N–H and O–H groups in total. The van der Waals surface area contributed by atoms with Crippen molar-refractivity contribution >= 4 is 7.25 Å². The van der Waals surface area contributed by atoms with Crippen LogP contribution in [0.25, 0.3) is 0 Å². The standard InChI is InChI=1S/C6H16NO3.BF4/c1-4-8-7(9-5-2)10-6-3;2-1(3,4)5/h7H,4-6H2,1-3H3;/q+1;-1. The van der Waals surface area contributed by atoms with E-state index in [-0.39, 0.29) is 5.39 Å². The summed E-state index contributed by atoms with van der Waals surface area (Å²) in [5, 5.41) is 0.285. The molecule has 0 radical (unpaired) electrons. The molecule has 0 saturated carbocycles. The van der Waals surface area contributed by atoms with Gasteiger partial charge >= 0.3 is 7.25 Å². The van der Waals surface area contributed by atoms with Crippen molar-refractivity contribution in [2.75, 3.05) is 19.8 Å². The zero-order valence-corrected chi connectivity index (χ0v) is 8.94. The third kappa shape index (κ3) is 24.8. The Morgan fingerprint density at radius 1 is 0.800 bits per heavy atom. The van der Waals surface area contributed by atoms with Crippen molar-refractivity contribution in [2.45, 2.75) is 20.8 Å². The van der Waals surface area contributed by atoms with Crippen LogP contribution in [0.2, 0.25) is 0 Å². The monoisotopic (exact) mass is 237 g/mol. The van der Waals surface area contributed by atoms with E-state index in [1.165, 1.54) is 0 Å². The summed E-state index contributed by atoms with van der Waals surface area (Å²) in [6.07, 6.45) is 0. The number of halogens is 4. The number of rotatable bonds is 6. The van der Waals surface area contributed by atoms with Gasteiger partial charge in [0.2, 0.25) is 0 Å². The quantitative estimate of drug-likeness (QED) is 0.425. The van der Waals surface area contributed by atoms with Crippen molar-refractivity contribution in [2.24, 2.45) is 0 Å². The van der Waals surface area contributed by atoms with E-state index >= 15 is 0 Å². The topological polar surface area (TPSA) is 32.1 Å². The minimum Gasteiger partial charge on any atom is -0.418 e. The molecule has 0 aromatic heterocycles. The molecular weight excluding hydrogens is 221 g/mol. The van der Waals surface area contributed by atoms with Gasteiger partial charge in [-0.25, -0.2) is 0 Å². The predicted octanol–water partition coefficient (Wildman–Crippen LogP) is 1.03. The first-order valence-electron chi connectivity index (χ1n) is 4.47. The van der Waals surface area contributed by atoms with Gasteiger partial charge in [-0.2, -0.15) is 0 Å². The summed E-state index contributed by atoms with van der Waals surface area (Å²) >= 11 is 0. The van der Waals surface area contributed by atoms with Crippen LogP contribution in [0.5, 0.6) is 0 Å². The van der Waals surface area contributed by atoms with Crippen LogP contribution in [0.3, 0.4) is 0 Å². The first kappa shape index (κ1) is 17.0. The summed E-state index contributed by atoms with van der Waals surface area (Å²) in [5.41, 5.74) is 0. The Morgan fingerprint density at radius 2 is 1.00 bits per heavy atom. The SMILES string of the molecule is CCO[NH+](OCC)OCC.F[B-](F)(F)F. The van der Waals surface area contributed by atoms with Crippen LogP contribution in [0.4, 0.5) is 17.3 Å². The Hall–Kier alpha value is -0.375. The van der Waals surface area contributed by atoms with E-state index in [2.05, 4.69) is 0 Å². The van der Waals surface area contributed by atoms with Crippen molar-refractivity contribution in [3.8, 4) is 0 Å². The van der Waals surface area contributed by atoms with Crippen LogP contribution < -0.4 is 5.39 Å². The van der Waals surface area contributed by atoms with E-state index < -0.39 is 7.25 Å². The summed E-state index contributed by atoms with van der Waals surface area (Å²) in [4.78, 5) is 15.0. The average Bonchev–Trinajstić information content (AvgIpc) is 2.02. The average molecular weight is 237 g/mol. The molecule has 0 unspecified atom stereocenters. The highest BCUT2D eigenvalue weighted by Gasteiger charge is 2.20. The molecule has 0 aliphatic rings. The molecule has 0 bridgehead atoms. The summed E-state index contributed by atoms with van der Waals surface area (Å²) in [6, 6.07) is 0. The molecule has 0 heterocycles. The number of nitrogens with one attached hydrogen (secondary N) is 1. The van der Waals surface area contributed by atoms with Crippen LogP contribution in [0.15, 0.2) is 0 Å². The molecular formula is C6H16BF4NO3. The fourth-order valence-electron chi connectivity index (χ4n) is 0.479. The van der Waals surface area contributed by atoms with E-state index in [0.717, 1.165) is 0 Å². The zero-order chi connectivity index (χ0) is 12.3. The maximum Gasteiger partial charge on any atom is 0.673 e. The predicted molar refractivity (Wildman–Crippen MR) is 46.0 cm³/mol. The molecule has 0 rings (SSSR count).